The van der Waals surface area contributed by atoms with Gasteiger partial charge in [0.05, 0.1) is 0 Å². The Morgan fingerprint density at radius 1 is 1.14 bits per heavy atom. The largest absolute Gasteiger partial charge is 0.460 e. The fourth-order valence-electron chi connectivity index (χ4n) is 4.26. The number of carbonyl (C=O) groups is 4. The van der Waals surface area contributed by atoms with Gasteiger partial charge in [0.1, 0.15) is 24.7 Å². The molecule has 202 valence electrons. The summed E-state index contributed by atoms with van der Waals surface area (Å²) in [4.78, 5) is 53.5. The van der Waals surface area contributed by atoms with Crippen molar-refractivity contribution in [2.24, 2.45) is 11.8 Å². The fourth-order valence-corrected chi connectivity index (χ4v) is 4.26. The van der Waals surface area contributed by atoms with Crippen molar-refractivity contribution in [2.45, 2.75) is 71.5 Å². The number of hydrogen-bond acceptors (Lipinski definition) is 5. The van der Waals surface area contributed by atoms with Crippen LogP contribution in [0.1, 0.15) is 58.9 Å². The standard InChI is InChI=1S/C29H41N3O5/c1-6-18-37-29(36)26(21(5)7-2)31-27(34)23(19-20(3)4)30-28(35)24-14-11-17-32(24)25(33)16-15-22-12-9-8-10-13-22/h6,8-10,12-13,15-16,20-21,23-24,26H,1,7,11,14,17-19H2,2-5H3,(H,30,35)(H,31,34)/b16-15+/t21?,23-,24+,26-/m0/s1. The minimum Gasteiger partial charge on any atom is -0.460 e. The summed E-state index contributed by atoms with van der Waals surface area (Å²) in [7, 11) is 0. The Kier molecular flexibility index (Phi) is 12.1. The van der Waals surface area contributed by atoms with Gasteiger partial charge < -0.3 is 20.3 Å². The lowest BCUT2D eigenvalue weighted by atomic mass is 9.97. The second kappa shape index (κ2) is 15.0. The van der Waals surface area contributed by atoms with Gasteiger partial charge in [0, 0.05) is 12.6 Å². The zero-order valence-electron chi connectivity index (χ0n) is 22.4. The number of benzene rings is 1. The minimum absolute atomic E-state index is 0.0536. The van der Waals surface area contributed by atoms with Crippen LogP contribution in [0.15, 0.2) is 49.1 Å². The van der Waals surface area contributed by atoms with Crippen LogP contribution in [0.25, 0.3) is 6.08 Å². The molecule has 0 aromatic heterocycles. The average Bonchev–Trinajstić information content (AvgIpc) is 3.38. The molecule has 1 fully saturated rings. The number of ether oxygens (including phenoxy) is 1. The highest BCUT2D eigenvalue weighted by Gasteiger charge is 2.36. The van der Waals surface area contributed by atoms with Crippen LogP contribution in [0.3, 0.4) is 0 Å². The SMILES string of the molecule is C=CCOC(=O)[C@@H](NC(=O)[C@H](CC(C)C)NC(=O)[C@H]1CCCN1C(=O)/C=C/c1ccccc1)C(C)CC. The first-order valence-corrected chi connectivity index (χ1v) is 13.1. The van der Waals surface area contributed by atoms with Gasteiger partial charge in [0.25, 0.3) is 0 Å². The first-order valence-electron chi connectivity index (χ1n) is 13.1. The number of amides is 3. The third-order valence-corrected chi connectivity index (χ3v) is 6.50. The van der Waals surface area contributed by atoms with Crippen molar-refractivity contribution in [3.05, 3.63) is 54.6 Å². The molecule has 37 heavy (non-hydrogen) atoms. The first-order chi connectivity index (χ1) is 17.7. The van der Waals surface area contributed by atoms with Crippen molar-refractivity contribution < 1.29 is 23.9 Å². The minimum atomic E-state index is -0.844. The van der Waals surface area contributed by atoms with Gasteiger partial charge >= 0.3 is 5.97 Å². The lowest BCUT2D eigenvalue weighted by Gasteiger charge is -2.28. The van der Waals surface area contributed by atoms with Crippen LogP contribution in [0, 0.1) is 11.8 Å². The van der Waals surface area contributed by atoms with Crippen molar-refractivity contribution in [1.82, 2.24) is 15.5 Å². The number of hydrogen-bond donors (Lipinski definition) is 2. The van der Waals surface area contributed by atoms with E-state index in [1.165, 1.54) is 12.2 Å². The Morgan fingerprint density at radius 2 is 1.84 bits per heavy atom. The summed E-state index contributed by atoms with van der Waals surface area (Å²) >= 11 is 0. The van der Waals surface area contributed by atoms with Crippen molar-refractivity contribution >= 4 is 29.8 Å². The summed E-state index contributed by atoms with van der Waals surface area (Å²) < 4.78 is 5.19. The van der Waals surface area contributed by atoms with Gasteiger partial charge in [0.15, 0.2) is 0 Å². The summed E-state index contributed by atoms with van der Waals surface area (Å²) in [6.07, 6.45) is 6.95. The van der Waals surface area contributed by atoms with Crippen LogP contribution in [0.4, 0.5) is 0 Å². The van der Waals surface area contributed by atoms with Gasteiger partial charge in [0.2, 0.25) is 17.7 Å². The first kappa shape index (κ1) is 29.8. The summed E-state index contributed by atoms with van der Waals surface area (Å²) in [5.41, 5.74) is 0.896. The second-order valence-corrected chi connectivity index (χ2v) is 9.91. The lowest BCUT2D eigenvalue weighted by Crippen LogP contribution is -2.56. The molecule has 0 spiro atoms. The molecule has 0 saturated carbocycles. The molecule has 0 aliphatic carbocycles. The molecule has 0 bridgehead atoms. The normalized spacial score (nSPS) is 17.8. The summed E-state index contributed by atoms with van der Waals surface area (Å²) in [6.45, 7) is 11.8. The van der Waals surface area contributed by atoms with Crippen LogP contribution < -0.4 is 10.6 Å². The Hall–Kier alpha value is -3.42. The molecule has 1 saturated heterocycles. The highest BCUT2D eigenvalue weighted by molar-refractivity contribution is 5.97. The van der Waals surface area contributed by atoms with Gasteiger partial charge in [-0.25, -0.2) is 4.79 Å². The molecule has 3 amide bonds. The Labute approximate surface area is 220 Å². The van der Waals surface area contributed by atoms with E-state index in [4.69, 9.17) is 4.74 Å². The Bertz CT molecular complexity index is 960. The third kappa shape index (κ3) is 9.19. The Balaban J connectivity index is 2.11. The number of nitrogens with one attached hydrogen (secondary N) is 2. The van der Waals surface area contributed by atoms with E-state index in [9.17, 15) is 19.2 Å². The van der Waals surface area contributed by atoms with E-state index in [-0.39, 0.29) is 30.3 Å². The van der Waals surface area contributed by atoms with E-state index < -0.39 is 30.0 Å². The van der Waals surface area contributed by atoms with Gasteiger partial charge in [-0.2, -0.15) is 0 Å². The maximum absolute atomic E-state index is 13.3. The van der Waals surface area contributed by atoms with Gasteiger partial charge in [-0.15, -0.1) is 0 Å². The monoisotopic (exact) mass is 511 g/mol. The molecular weight excluding hydrogens is 470 g/mol. The molecule has 1 aromatic carbocycles. The van der Waals surface area contributed by atoms with Crippen LogP contribution in [-0.2, 0) is 23.9 Å². The summed E-state index contributed by atoms with van der Waals surface area (Å²) in [6, 6.07) is 7.14. The molecule has 4 atom stereocenters. The van der Waals surface area contributed by atoms with Gasteiger partial charge in [-0.3, -0.25) is 14.4 Å². The quantitative estimate of drug-likeness (QED) is 0.240. The highest BCUT2D eigenvalue weighted by atomic mass is 16.5. The second-order valence-electron chi connectivity index (χ2n) is 9.91. The van der Waals surface area contributed by atoms with Crippen LogP contribution in [0.2, 0.25) is 0 Å². The predicted molar refractivity (Wildman–Crippen MR) is 144 cm³/mol. The number of likely N-dealkylation sites (tertiary alicyclic amines) is 1. The van der Waals surface area contributed by atoms with E-state index in [1.54, 1.807) is 11.0 Å². The molecule has 1 aromatic rings. The zero-order chi connectivity index (χ0) is 27.4. The van der Waals surface area contributed by atoms with Crippen molar-refractivity contribution in [2.75, 3.05) is 13.2 Å². The predicted octanol–water partition coefficient (Wildman–Crippen LogP) is 3.48. The molecule has 2 rings (SSSR count). The van der Waals surface area contributed by atoms with E-state index >= 15 is 0 Å². The topological polar surface area (TPSA) is 105 Å². The Morgan fingerprint density at radius 3 is 2.46 bits per heavy atom. The van der Waals surface area contributed by atoms with Gasteiger partial charge in [-0.05, 0) is 42.7 Å². The molecule has 1 aliphatic heterocycles. The molecule has 8 heteroatoms. The van der Waals surface area contributed by atoms with Crippen molar-refractivity contribution in [3.8, 4) is 0 Å². The van der Waals surface area contributed by atoms with Crippen LogP contribution in [-0.4, -0.2) is 59.9 Å². The smallest absolute Gasteiger partial charge is 0.329 e. The molecular formula is C29H41N3O5. The molecule has 0 radical (unpaired) electrons. The molecule has 1 unspecified atom stereocenters. The number of nitrogens with zero attached hydrogens (tertiary/aromatic N) is 1. The maximum Gasteiger partial charge on any atom is 0.329 e. The fraction of sp³-hybridized carbons (Fsp3) is 0.517. The lowest BCUT2D eigenvalue weighted by molar-refractivity contribution is -0.148. The number of rotatable bonds is 13. The van der Waals surface area contributed by atoms with Crippen molar-refractivity contribution in [3.63, 3.8) is 0 Å². The maximum atomic E-state index is 13.3. The molecule has 2 N–H and O–H groups in total. The van der Waals surface area contributed by atoms with Crippen LogP contribution in [0.5, 0.6) is 0 Å². The third-order valence-electron chi connectivity index (χ3n) is 6.50. The summed E-state index contributed by atoms with van der Waals surface area (Å²) in [5.74, 6) is -1.63. The van der Waals surface area contributed by atoms with E-state index in [2.05, 4.69) is 17.2 Å². The molecule has 1 aliphatic rings. The van der Waals surface area contributed by atoms with E-state index in [0.717, 1.165) is 5.56 Å². The van der Waals surface area contributed by atoms with E-state index in [0.29, 0.717) is 32.2 Å². The van der Waals surface area contributed by atoms with E-state index in [1.807, 2.05) is 58.0 Å². The van der Waals surface area contributed by atoms with Crippen LogP contribution >= 0.6 is 0 Å². The number of esters is 1. The molecule has 8 nitrogen and oxygen atoms in total. The zero-order valence-corrected chi connectivity index (χ0v) is 22.4. The molecule has 1 heterocycles. The van der Waals surface area contributed by atoms with Crippen molar-refractivity contribution in [1.29, 1.82) is 0 Å². The number of carbonyl (C=O) groups excluding carboxylic acids is 4. The highest BCUT2D eigenvalue weighted by Crippen LogP contribution is 2.19. The van der Waals surface area contributed by atoms with Gasteiger partial charge in [-0.1, -0.05) is 77.1 Å². The summed E-state index contributed by atoms with van der Waals surface area (Å²) in [5, 5.41) is 5.65. The average molecular weight is 512 g/mol.